The van der Waals surface area contributed by atoms with Gasteiger partial charge in [-0.3, -0.25) is 9.71 Å². The number of rotatable bonds is 5. The van der Waals surface area contributed by atoms with Crippen LogP contribution >= 0.6 is 23.3 Å². The van der Waals surface area contributed by atoms with E-state index < -0.39 is 0 Å². The maximum Gasteiger partial charge on any atom is 0.225 e. The third-order valence-electron chi connectivity index (χ3n) is 3.91. The van der Waals surface area contributed by atoms with E-state index in [-0.39, 0.29) is 0 Å². The van der Waals surface area contributed by atoms with Crippen LogP contribution in [-0.2, 0) is 0 Å². The monoisotopic (exact) mass is 373 g/mol. The average Bonchev–Trinajstić information content (AvgIpc) is 3.26. The zero-order valence-corrected chi connectivity index (χ0v) is 16.4. The molecule has 0 spiro atoms. The van der Waals surface area contributed by atoms with Crippen molar-refractivity contribution in [3.63, 3.8) is 0 Å². The van der Waals surface area contributed by atoms with Gasteiger partial charge in [-0.1, -0.05) is 37.3 Å². The quantitative estimate of drug-likeness (QED) is 0.479. The van der Waals surface area contributed by atoms with Gasteiger partial charge in [0.15, 0.2) is 0 Å². The molecule has 1 aliphatic heterocycles. The Morgan fingerprint density at radius 2 is 2.16 bits per heavy atom. The largest absolute Gasteiger partial charge is 0.294 e. The van der Waals surface area contributed by atoms with Gasteiger partial charge < -0.3 is 0 Å². The summed E-state index contributed by atoms with van der Waals surface area (Å²) >= 11 is 3.26. The molecule has 7 heteroatoms. The first-order valence-corrected chi connectivity index (χ1v) is 10.2. The number of nitrogens with zero attached hydrogens (tertiary/aromatic N) is 4. The van der Waals surface area contributed by atoms with Crippen molar-refractivity contribution in [2.45, 2.75) is 31.4 Å². The van der Waals surface area contributed by atoms with E-state index in [9.17, 15) is 0 Å². The van der Waals surface area contributed by atoms with Crippen molar-refractivity contribution < 1.29 is 0 Å². The van der Waals surface area contributed by atoms with Crippen molar-refractivity contribution in [1.82, 2.24) is 14.7 Å². The van der Waals surface area contributed by atoms with Gasteiger partial charge in [0.1, 0.15) is 9.22 Å². The number of nitrogens with one attached hydrogen (secondary N) is 1. The molecule has 2 heterocycles. The molecule has 1 N–H and O–H groups in total. The predicted molar refractivity (Wildman–Crippen MR) is 108 cm³/mol. The first kappa shape index (κ1) is 17.9. The molecule has 2 aromatic rings. The second-order valence-electron chi connectivity index (χ2n) is 5.77. The van der Waals surface area contributed by atoms with Crippen molar-refractivity contribution in [3.05, 3.63) is 36.0 Å². The molecule has 1 unspecified atom stereocenters. The Morgan fingerprint density at radius 3 is 2.84 bits per heavy atom. The smallest absolute Gasteiger partial charge is 0.225 e. The van der Waals surface area contributed by atoms with Crippen molar-refractivity contribution in [1.29, 1.82) is 0 Å². The number of benzene rings is 1. The lowest BCUT2D eigenvalue weighted by atomic mass is 10.1. The second kappa shape index (κ2) is 8.49. The first-order chi connectivity index (χ1) is 12.2. The van der Waals surface area contributed by atoms with Crippen LogP contribution in [0.1, 0.15) is 26.0 Å². The van der Waals surface area contributed by atoms with Crippen LogP contribution in [-0.4, -0.2) is 35.3 Å². The molecule has 1 aromatic carbocycles. The molecular weight excluding hydrogens is 350 g/mol. The summed E-state index contributed by atoms with van der Waals surface area (Å²) in [7, 11) is 0. The molecule has 1 aromatic heterocycles. The first-order valence-electron chi connectivity index (χ1n) is 8.53. The molecule has 0 saturated carbocycles. The van der Waals surface area contributed by atoms with Crippen molar-refractivity contribution in [2.24, 2.45) is 16.0 Å². The number of hydrazone groups is 1. The molecule has 0 radical (unpaired) electrons. The van der Waals surface area contributed by atoms with E-state index in [0.29, 0.717) is 5.92 Å². The standard InChI is InChI=1S/C18H23N5S2/c1-4-14-11-20-23(12-14)18(19-5-2)22-25-17-13(3)21-16(24-17)15-9-7-6-8-10-15/h6-11,14H,4-5,12H2,1-3H3,(H,19,22). The molecule has 5 nitrogen and oxygen atoms in total. The van der Waals surface area contributed by atoms with E-state index in [0.717, 1.165) is 45.9 Å². The van der Waals surface area contributed by atoms with Gasteiger partial charge in [0.25, 0.3) is 0 Å². The lowest BCUT2D eigenvalue weighted by Gasteiger charge is -2.18. The average molecular weight is 374 g/mol. The fourth-order valence-corrected chi connectivity index (χ4v) is 4.34. The summed E-state index contributed by atoms with van der Waals surface area (Å²) in [5, 5.41) is 7.48. The van der Waals surface area contributed by atoms with Gasteiger partial charge in [-0.15, -0.1) is 11.3 Å². The Bertz CT molecular complexity index is 754. The van der Waals surface area contributed by atoms with Crippen LogP contribution < -0.4 is 4.72 Å². The van der Waals surface area contributed by atoms with E-state index in [2.05, 4.69) is 33.9 Å². The minimum Gasteiger partial charge on any atom is -0.294 e. The van der Waals surface area contributed by atoms with Crippen molar-refractivity contribution in [2.75, 3.05) is 13.1 Å². The van der Waals surface area contributed by atoms with Crippen LogP contribution in [0.15, 0.2) is 44.6 Å². The van der Waals surface area contributed by atoms with Crippen LogP contribution in [0.2, 0.25) is 0 Å². The van der Waals surface area contributed by atoms with Gasteiger partial charge in [0, 0.05) is 36.2 Å². The highest BCUT2D eigenvalue weighted by Crippen LogP contribution is 2.33. The van der Waals surface area contributed by atoms with Gasteiger partial charge in [0.2, 0.25) is 5.96 Å². The molecule has 0 saturated heterocycles. The lowest BCUT2D eigenvalue weighted by molar-refractivity contribution is 0.431. The summed E-state index contributed by atoms with van der Waals surface area (Å²) in [6, 6.07) is 10.3. The molecule has 0 amide bonds. The summed E-state index contributed by atoms with van der Waals surface area (Å²) in [6.45, 7) is 7.88. The fourth-order valence-electron chi connectivity index (χ4n) is 2.46. The predicted octanol–water partition coefficient (Wildman–Crippen LogP) is 4.42. The Kier molecular flexibility index (Phi) is 6.09. The molecule has 3 rings (SSSR count). The number of hydrogen-bond donors (Lipinski definition) is 1. The van der Waals surface area contributed by atoms with Crippen LogP contribution in [0, 0.1) is 12.8 Å². The number of thiazole rings is 1. The molecule has 0 aliphatic carbocycles. The van der Waals surface area contributed by atoms with Gasteiger partial charge in [0.05, 0.1) is 12.2 Å². The normalized spacial score (nSPS) is 17.3. The third-order valence-corrected chi connectivity index (χ3v) is 6.18. The summed E-state index contributed by atoms with van der Waals surface area (Å²) in [6.07, 6.45) is 3.11. The van der Waals surface area contributed by atoms with Crippen LogP contribution in [0.4, 0.5) is 0 Å². The van der Waals surface area contributed by atoms with Gasteiger partial charge >= 0.3 is 0 Å². The number of aromatic nitrogens is 1. The molecular formula is C18H23N5S2. The number of aliphatic imine (C=N–C) groups is 1. The Hall–Kier alpha value is -1.86. The van der Waals surface area contributed by atoms with Crippen LogP contribution in [0.5, 0.6) is 0 Å². The summed E-state index contributed by atoms with van der Waals surface area (Å²) in [5.74, 6) is 1.32. The SMILES string of the molecule is CCN=C(NSc1sc(-c2ccccc2)nc1C)N1CC(CC)C=N1. The Morgan fingerprint density at radius 1 is 1.36 bits per heavy atom. The third kappa shape index (κ3) is 4.41. The van der Waals surface area contributed by atoms with Crippen LogP contribution in [0.3, 0.4) is 0 Å². The highest BCUT2D eigenvalue weighted by molar-refractivity contribution is 7.99. The van der Waals surface area contributed by atoms with Crippen molar-refractivity contribution >= 4 is 35.5 Å². The number of aryl methyl sites for hydroxylation is 1. The zero-order chi connectivity index (χ0) is 17.6. The molecule has 1 aliphatic rings. The number of guanidine groups is 1. The van der Waals surface area contributed by atoms with Gasteiger partial charge in [-0.2, -0.15) is 5.10 Å². The van der Waals surface area contributed by atoms with Crippen LogP contribution in [0.25, 0.3) is 10.6 Å². The Labute approximate surface area is 157 Å². The highest BCUT2D eigenvalue weighted by Gasteiger charge is 2.21. The molecule has 25 heavy (non-hydrogen) atoms. The minimum absolute atomic E-state index is 0.503. The highest BCUT2D eigenvalue weighted by atomic mass is 32.2. The van der Waals surface area contributed by atoms with E-state index in [1.165, 1.54) is 0 Å². The molecule has 132 valence electrons. The summed E-state index contributed by atoms with van der Waals surface area (Å²) in [4.78, 5) is 9.27. The van der Waals surface area contributed by atoms with E-state index in [1.54, 1.807) is 23.3 Å². The zero-order valence-electron chi connectivity index (χ0n) is 14.8. The molecule has 0 fully saturated rings. The summed E-state index contributed by atoms with van der Waals surface area (Å²) < 4.78 is 4.53. The van der Waals surface area contributed by atoms with Crippen molar-refractivity contribution in [3.8, 4) is 10.6 Å². The topological polar surface area (TPSA) is 52.9 Å². The maximum atomic E-state index is 4.70. The Balaban J connectivity index is 1.69. The fraction of sp³-hybridized carbons (Fsp3) is 0.389. The lowest BCUT2D eigenvalue weighted by Crippen LogP contribution is -2.34. The number of hydrogen-bond acceptors (Lipinski definition) is 5. The molecule has 0 bridgehead atoms. The maximum absolute atomic E-state index is 4.70. The van der Waals surface area contributed by atoms with Gasteiger partial charge in [-0.25, -0.2) is 9.99 Å². The minimum atomic E-state index is 0.503. The van der Waals surface area contributed by atoms with E-state index in [4.69, 9.17) is 4.98 Å². The van der Waals surface area contributed by atoms with E-state index >= 15 is 0 Å². The van der Waals surface area contributed by atoms with E-state index in [1.807, 2.05) is 43.3 Å². The molecule has 1 atom stereocenters. The van der Waals surface area contributed by atoms with Gasteiger partial charge in [-0.05, 0) is 20.3 Å². The summed E-state index contributed by atoms with van der Waals surface area (Å²) in [5.41, 5.74) is 2.19. The second-order valence-corrected chi connectivity index (χ2v) is 7.85.